The van der Waals surface area contributed by atoms with Crippen LogP contribution in [0.1, 0.15) is 70.2 Å². The Kier molecular flexibility index (Phi) is 6.68. The van der Waals surface area contributed by atoms with Gasteiger partial charge in [-0.15, -0.1) is 0 Å². The van der Waals surface area contributed by atoms with Gasteiger partial charge in [0.2, 0.25) is 5.88 Å². The Morgan fingerprint density at radius 2 is 2.00 bits per heavy atom. The fraction of sp³-hybridized carbons (Fsp3) is 0.720. The van der Waals surface area contributed by atoms with E-state index in [1.54, 1.807) is 10.9 Å². The van der Waals surface area contributed by atoms with E-state index >= 15 is 0 Å². The number of aromatic nitrogens is 2. The van der Waals surface area contributed by atoms with Crippen molar-refractivity contribution in [3.63, 3.8) is 0 Å². The Labute approximate surface area is 201 Å². The van der Waals surface area contributed by atoms with Gasteiger partial charge < -0.3 is 25.6 Å². The minimum absolute atomic E-state index is 0.00724. The van der Waals surface area contributed by atoms with Crippen molar-refractivity contribution < 1.29 is 24.2 Å². The summed E-state index contributed by atoms with van der Waals surface area (Å²) in [5.41, 5.74) is 4.86. The van der Waals surface area contributed by atoms with Gasteiger partial charge in [0, 0.05) is 17.7 Å². The number of nitrogens with one attached hydrogen (secondary N) is 1. The third-order valence-electron chi connectivity index (χ3n) is 7.45. The van der Waals surface area contributed by atoms with Gasteiger partial charge in [0.1, 0.15) is 11.2 Å². The van der Waals surface area contributed by atoms with Gasteiger partial charge in [-0.2, -0.15) is 5.10 Å². The number of hydrogen-bond acceptors (Lipinski definition) is 6. The second kappa shape index (κ2) is 9.24. The number of aliphatic hydroxyl groups excluding tert-OH is 1. The standard InChI is InChI=1S/C25H38N4O5/c1-15(2)13-33-22-19(12-27-29(22)6-5-24(3,4)14-30)21(31)28-20-17-7-16-8-18(20)11-25(9-16,10-17)34-23(26)32/h5-6,12,15-18,20,30H,7-11,13-14H2,1-4H3,(H2,26,32)(H,28,31)/b6-5+/t16?,17?,18?,20-,25+. The summed E-state index contributed by atoms with van der Waals surface area (Å²) in [5, 5.41) is 17.2. The van der Waals surface area contributed by atoms with Gasteiger partial charge in [0.25, 0.3) is 5.91 Å². The van der Waals surface area contributed by atoms with Gasteiger partial charge in [0.05, 0.1) is 19.4 Å². The summed E-state index contributed by atoms with van der Waals surface area (Å²) < 4.78 is 13.2. The molecule has 188 valence electrons. The van der Waals surface area contributed by atoms with Gasteiger partial charge >= 0.3 is 6.09 Å². The molecule has 0 saturated heterocycles. The van der Waals surface area contributed by atoms with E-state index in [-0.39, 0.29) is 36.3 Å². The first-order chi connectivity index (χ1) is 16.0. The van der Waals surface area contributed by atoms with E-state index in [0.29, 0.717) is 24.0 Å². The lowest BCUT2D eigenvalue weighted by molar-refractivity contribution is -0.137. The van der Waals surface area contributed by atoms with Crippen LogP contribution in [0.3, 0.4) is 0 Å². The van der Waals surface area contributed by atoms with Crippen LogP contribution < -0.4 is 15.8 Å². The molecular weight excluding hydrogens is 436 g/mol. The molecule has 4 saturated carbocycles. The maximum absolute atomic E-state index is 13.4. The van der Waals surface area contributed by atoms with Crippen molar-refractivity contribution >= 4 is 18.2 Å². The van der Waals surface area contributed by atoms with Gasteiger partial charge in [-0.1, -0.05) is 33.8 Å². The zero-order chi connectivity index (χ0) is 24.7. The van der Waals surface area contributed by atoms with Crippen LogP contribution in [0.2, 0.25) is 0 Å². The molecule has 9 heteroatoms. The van der Waals surface area contributed by atoms with Crippen molar-refractivity contribution in [1.29, 1.82) is 0 Å². The van der Waals surface area contributed by atoms with Crippen LogP contribution in [-0.2, 0) is 4.74 Å². The maximum Gasteiger partial charge on any atom is 0.405 e. The summed E-state index contributed by atoms with van der Waals surface area (Å²) in [6.45, 7) is 8.36. The second-order valence-corrected chi connectivity index (χ2v) is 11.5. The predicted molar refractivity (Wildman–Crippen MR) is 127 cm³/mol. The Hall–Kier alpha value is -2.55. The normalized spacial score (nSPS) is 30.2. The molecule has 0 radical (unpaired) electrons. The first kappa shape index (κ1) is 24.6. The molecule has 9 nitrogen and oxygen atoms in total. The zero-order valence-electron chi connectivity index (χ0n) is 20.6. The van der Waals surface area contributed by atoms with Gasteiger partial charge in [-0.25, -0.2) is 9.48 Å². The third kappa shape index (κ3) is 5.09. The minimum Gasteiger partial charge on any atom is -0.477 e. The molecule has 1 aromatic heterocycles. The molecule has 2 unspecified atom stereocenters. The molecule has 1 aromatic rings. The van der Waals surface area contributed by atoms with E-state index < -0.39 is 17.1 Å². The van der Waals surface area contributed by atoms with Crippen molar-refractivity contribution in [2.24, 2.45) is 34.8 Å². The summed E-state index contributed by atoms with van der Waals surface area (Å²) in [7, 11) is 0. The molecule has 5 rings (SSSR count). The highest BCUT2D eigenvalue weighted by atomic mass is 16.6. The monoisotopic (exact) mass is 474 g/mol. The van der Waals surface area contributed by atoms with Crippen molar-refractivity contribution in [2.75, 3.05) is 13.2 Å². The summed E-state index contributed by atoms with van der Waals surface area (Å²) in [6.07, 6.45) is 8.82. The minimum atomic E-state index is -0.709. The van der Waals surface area contributed by atoms with E-state index in [2.05, 4.69) is 10.4 Å². The van der Waals surface area contributed by atoms with E-state index in [1.807, 2.05) is 33.8 Å². The Morgan fingerprint density at radius 1 is 1.32 bits per heavy atom. The first-order valence-corrected chi connectivity index (χ1v) is 12.3. The van der Waals surface area contributed by atoms with Crippen molar-refractivity contribution in [3.05, 3.63) is 17.8 Å². The lowest BCUT2D eigenvalue weighted by Gasteiger charge is -2.58. The molecule has 0 aromatic carbocycles. The molecule has 0 spiro atoms. The van der Waals surface area contributed by atoms with Crippen molar-refractivity contribution in [3.8, 4) is 5.88 Å². The molecule has 2 amide bonds. The summed E-state index contributed by atoms with van der Waals surface area (Å²) in [6, 6.07) is 0.0267. The maximum atomic E-state index is 13.4. The number of nitrogens with zero attached hydrogens (tertiary/aromatic N) is 2. The smallest absolute Gasteiger partial charge is 0.405 e. The number of nitrogens with two attached hydrogens (primary N) is 1. The van der Waals surface area contributed by atoms with Crippen LogP contribution in [0, 0.1) is 29.1 Å². The lowest BCUT2D eigenvalue weighted by Crippen LogP contribution is -2.63. The van der Waals surface area contributed by atoms with Crippen LogP contribution in [0.4, 0.5) is 4.79 Å². The average Bonchev–Trinajstić information content (AvgIpc) is 3.15. The third-order valence-corrected chi connectivity index (χ3v) is 7.45. The molecule has 4 N–H and O–H groups in total. The fourth-order valence-corrected chi connectivity index (χ4v) is 6.08. The molecule has 1 heterocycles. The fourth-order valence-electron chi connectivity index (χ4n) is 6.08. The summed E-state index contributed by atoms with van der Waals surface area (Å²) in [5.74, 6) is 1.50. The molecule has 4 aliphatic rings. The number of hydrogen-bond donors (Lipinski definition) is 3. The number of amides is 2. The van der Waals surface area contributed by atoms with Crippen molar-refractivity contribution in [2.45, 2.75) is 71.4 Å². The van der Waals surface area contributed by atoms with E-state index in [9.17, 15) is 14.7 Å². The Morgan fingerprint density at radius 3 is 2.59 bits per heavy atom. The topological polar surface area (TPSA) is 129 Å². The molecule has 34 heavy (non-hydrogen) atoms. The van der Waals surface area contributed by atoms with Gasteiger partial charge in [0.15, 0.2) is 0 Å². The second-order valence-electron chi connectivity index (χ2n) is 11.5. The number of rotatable bonds is 9. The Bertz CT molecular complexity index is 937. The van der Waals surface area contributed by atoms with Crippen molar-refractivity contribution in [1.82, 2.24) is 15.1 Å². The molecule has 0 aliphatic heterocycles. The summed E-state index contributed by atoms with van der Waals surface area (Å²) >= 11 is 0. The lowest BCUT2D eigenvalue weighted by atomic mass is 9.52. The van der Waals surface area contributed by atoms with Crippen LogP contribution in [0.25, 0.3) is 6.20 Å². The van der Waals surface area contributed by atoms with Crippen LogP contribution in [0.15, 0.2) is 12.3 Å². The first-order valence-electron chi connectivity index (χ1n) is 12.3. The van der Waals surface area contributed by atoms with E-state index in [0.717, 1.165) is 32.1 Å². The van der Waals surface area contributed by atoms with Gasteiger partial charge in [-0.3, -0.25) is 4.79 Å². The SMILES string of the molecule is CC(C)COc1c(C(=O)N[C@H]2C3CC4CC2C[C@@](OC(N)=O)(C4)C3)cnn1/C=C/C(C)(C)CO. The highest BCUT2D eigenvalue weighted by Gasteiger charge is 2.57. The average molecular weight is 475 g/mol. The van der Waals surface area contributed by atoms with Crippen LogP contribution >= 0.6 is 0 Å². The predicted octanol–water partition coefficient (Wildman–Crippen LogP) is 3.18. The van der Waals surface area contributed by atoms with Gasteiger partial charge in [-0.05, 0) is 55.8 Å². The number of carbonyl (C=O) groups excluding carboxylic acids is 2. The number of ether oxygens (including phenoxy) is 2. The molecule has 2 atom stereocenters. The van der Waals surface area contributed by atoms with Crippen LogP contribution in [0.5, 0.6) is 5.88 Å². The zero-order valence-corrected chi connectivity index (χ0v) is 20.6. The summed E-state index contributed by atoms with van der Waals surface area (Å²) in [4.78, 5) is 24.9. The number of carbonyl (C=O) groups is 2. The molecule has 4 fully saturated rings. The molecular formula is C25H38N4O5. The van der Waals surface area contributed by atoms with E-state index in [4.69, 9.17) is 15.2 Å². The van der Waals surface area contributed by atoms with E-state index in [1.165, 1.54) is 6.20 Å². The highest BCUT2D eigenvalue weighted by Crippen LogP contribution is 2.57. The molecule has 4 aliphatic carbocycles. The van der Waals surface area contributed by atoms with Crippen LogP contribution in [-0.4, -0.2) is 51.7 Å². The number of aliphatic hydroxyl groups is 1. The Balaban J connectivity index is 1.52. The molecule has 4 bridgehead atoms. The quantitative estimate of drug-likeness (QED) is 0.504. The number of primary amides is 1. The largest absolute Gasteiger partial charge is 0.477 e. The highest BCUT2D eigenvalue weighted by molar-refractivity contribution is 5.96.